The molecule has 0 heterocycles. The van der Waals surface area contributed by atoms with E-state index >= 15 is 0 Å². The van der Waals surface area contributed by atoms with E-state index in [-0.39, 0.29) is 17.8 Å². The third kappa shape index (κ3) is 6.42. The van der Waals surface area contributed by atoms with Crippen molar-refractivity contribution in [1.82, 2.24) is 5.32 Å². The molecule has 0 aliphatic heterocycles. The molecule has 7 heteroatoms. The van der Waals surface area contributed by atoms with Crippen molar-refractivity contribution in [2.45, 2.75) is 33.7 Å². The van der Waals surface area contributed by atoms with E-state index in [0.29, 0.717) is 17.1 Å². The average Bonchev–Trinajstić information content (AvgIpc) is 2.61. The monoisotopic (exact) mass is 382 g/mol. The molecule has 0 aromatic heterocycles. The van der Waals surface area contributed by atoms with E-state index in [1.807, 2.05) is 18.2 Å². The molecule has 4 amide bonds. The second kappa shape index (κ2) is 9.03. The highest BCUT2D eigenvalue weighted by Crippen LogP contribution is 2.17. The number of carbonyl (C=O) groups is 3. The third-order valence-electron chi connectivity index (χ3n) is 3.84. The number of nitrogens with one attached hydrogen (secondary N) is 4. The van der Waals surface area contributed by atoms with Gasteiger partial charge in [-0.15, -0.1) is 0 Å². The van der Waals surface area contributed by atoms with Crippen LogP contribution < -0.4 is 21.3 Å². The molecule has 2 rings (SSSR count). The highest BCUT2D eigenvalue weighted by atomic mass is 16.2. The van der Waals surface area contributed by atoms with Gasteiger partial charge in [-0.3, -0.25) is 9.59 Å². The summed E-state index contributed by atoms with van der Waals surface area (Å²) in [5, 5.41) is 10.9. The minimum atomic E-state index is -0.690. The van der Waals surface area contributed by atoms with Gasteiger partial charge in [-0.2, -0.15) is 0 Å². The third-order valence-corrected chi connectivity index (χ3v) is 3.84. The number of urea groups is 1. The van der Waals surface area contributed by atoms with Gasteiger partial charge in [0.05, 0.1) is 0 Å². The standard InChI is InChI=1S/C21H26N4O3/c1-14(22-19(27)21(2,3)4)18(26)23-16-11-8-12-17(13-16)25-20(28)24-15-9-6-5-7-10-15/h5-14H,1-4H3,(H,22,27)(H,23,26)(H2,24,25,28). The van der Waals surface area contributed by atoms with Crippen LogP contribution >= 0.6 is 0 Å². The highest BCUT2D eigenvalue weighted by Gasteiger charge is 2.25. The largest absolute Gasteiger partial charge is 0.344 e. The summed E-state index contributed by atoms with van der Waals surface area (Å²) < 4.78 is 0. The Labute approximate surface area is 164 Å². The molecular formula is C21H26N4O3. The zero-order valence-electron chi connectivity index (χ0n) is 16.5. The number of anilines is 3. The summed E-state index contributed by atoms with van der Waals surface area (Å²) in [6, 6.07) is 14.8. The minimum Gasteiger partial charge on any atom is -0.344 e. The summed E-state index contributed by atoms with van der Waals surface area (Å²) in [6.07, 6.45) is 0. The van der Waals surface area contributed by atoms with Crippen LogP contribution in [-0.2, 0) is 9.59 Å². The smallest absolute Gasteiger partial charge is 0.323 e. The lowest BCUT2D eigenvalue weighted by Crippen LogP contribution is -2.46. The second-order valence-corrected chi connectivity index (χ2v) is 7.46. The van der Waals surface area contributed by atoms with Gasteiger partial charge in [0.15, 0.2) is 0 Å². The van der Waals surface area contributed by atoms with Crippen molar-refractivity contribution in [3.05, 3.63) is 54.6 Å². The van der Waals surface area contributed by atoms with Gasteiger partial charge in [0, 0.05) is 22.5 Å². The number of amides is 4. The van der Waals surface area contributed by atoms with E-state index in [0.717, 1.165) is 0 Å². The first-order chi connectivity index (χ1) is 13.1. The fraction of sp³-hybridized carbons (Fsp3) is 0.286. The fourth-order valence-electron chi connectivity index (χ4n) is 2.22. The Morgan fingerprint density at radius 2 is 1.32 bits per heavy atom. The lowest BCUT2D eigenvalue weighted by Gasteiger charge is -2.21. The molecule has 28 heavy (non-hydrogen) atoms. The van der Waals surface area contributed by atoms with Gasteiger partial charge < -0.3 is 21.3 Å². The molecule has 0 bridgehead atoms. The lowest BCUT2D eigenvalue weighted by atomic mass is 9.95. The normalized spacial score (nSPS) is 11.9. The summed E-state index contributed by atoms with van der Waals surface area (Å²) in [6.45, 7) is 6.96. The van der Waals surface area contributed by atoms with Crippen molar-refractivity contribution >= 4 is 34.9 Å². The van der Waals surface area contributed by atoms with Crippen molar-refractivity contribution < 1.29 is 14.4 Å². The van der Waals surface area contributed by atoms with E-state index in [1.54, 1.807) is 64.1 Å². The molecule has 0 aliphatic carbocycles. The van der Waals surface area contributed by atoms with Gasteiger partial charge in [0.25, 0.3) is 0 Å². The van der Waals surface area contributed by atoms with Gasteiger partial charge in [0.1, 0.15) is 6.04 Å². The van der Waals surface area contributed by atoms with E-state index in [9.17, 15) is 14.4 Å². The molecule has 0 fully saturated rings. The van der Waals surface area contributed by atoms with Crippen LogP contribution in [-0.4, -0.2) is 23.9 Å². The van der Waals surface area contributed by atoms with Gasteiger partial charge in [0.2, 0.25) is 11.8 Å². The lowest BCUT2D eigenvalue weighted by molar-refractivity contribution is -0.131. The van der Waals surface area contributed by atoms with Crippen LogP contribution in [0.3, 0.4) is 0 Å². The number of hydrogen-bond acceptors (Lipinski definition) is 3. The van der Waals surface area contributed by atoms with Gasteiger partial charge in [-0.25, -0.2) is 4.79 Å². The van der Waals surface area contributed by atoms with Crippen molar-refractivity contribution in [1.29, 1.82) is 0 Å². The van der Waals surface area contributed by atoms with E-state index < -0.39 is 11.5 Å². The van der Waals surface area contributed by atoms with Crippen molar-refractivity contribution in [2.24, 2.45) is 5.41 Å². The van der Waals surface area contributed by atoms with Crippen molar-refractivity contribution in [3.8, 4) is 0 Å². The molecule has 148 valence electrons. The molecule has 0 saturated carbocycles. The molecule has 0 radical (unpaired) electrons. The minimum absolute atomic E-state index is 0.205. The molecule has 2 aromatic carbocycles. The Morgan fingerprint density at radius 3 is 1.93 bits per heavy atom. The Balaban J connectivity index is 1.94. The Hall–Kier alpha value is -3.35. The van der Waals surface area contributed by atoms with Crippen LogP contribution in [0.4, 0.5) is 21.9 Å². The SMILES string of the molecule is CC(NC(=O)C(C)(C)C)C(=O)Nc1cccc(NC(=O)Nc2ccccc2)c1. The maximum Gasteiger partial charge on any atom is 0.323 e. The van der Waals surface area contributed by atoms with Crippen LogP contribution in [0, 0.1) is 5.41 Å². The molecule has 2 aromatic rings. The first-order valence-corrected chi connectivity index (χ1v) is 9.00. The molecule has 1 atom stereocenters. The van der Waals surface area contributed by atoms with Crippen LogP contribution in [0.2, 0.25) is 0 Å². The van der Waals surface area contributed by atoms with E-state index in [1.165, 1.54) is 0 Å². The van der Waals surface area contributed by atoms with E-state index in [2.05, 4.69) is 21.3 Å². The quantitative estimate of drug-likeness (QED) is 0.632. The summed E-state index contributed by atoms with van der Waals surface area (Å²) in [7, 11) is 0. The molecule has 0 aliphatic rings. The molecular weight excluding hydrogens is 356 g/mol. The van der Waals surface area contributed by atoms with Crippen molar-refractivity contribution in [2.75, 3.05) is 16.0 Å². The summed E-state index contributed by atoms with van der Waals surface area (Å²) in [5.41, 5.74) is 1.13. The van der Waals surface area contributed by atoms with Crippen LogP contribution in [0.15, 0.2) is 54.6 Å². The number of para-hydroxylation sites is 1. The zero-order valence-corrected chi connectivity index (χ0v) is 16.5. The number of rotatable bonds is 5. The average molecular weight is 382 g/mol. The predicted octanol–water partition coefficient (Wildman–Crippen LogP) is 3.82. The maximum absolute atomic E-state index is 12.3. The van der Waals surface area contributed by atoms with E-state index in [4.69, 9.17) is 0 Å². The zero-order chi connectivity index (χ0) is 20.7. The number of carbonyl (C=O) groups excluding carboxylic acids is 3. The van der Waals surface area contributed by atoms with Crippen LogP contribution in [0.25, 0.3) is 0 Å². The number of hydrogen-bond donors (Lipinski definition) is 4. The Kier molecular flexibility index (Phi) is 6.76. The Morgan fingerprint density at radius 1 is 0.786 bits per heavy atom. The predicted molar refractivity (Wildman–Crippen MR) is 111 cm³/mol. The van der Waals surface area contributed by atoms with Crippen LogP contribution in [0.5, 0.6) is 0 Å². The molecule has 4 N–H and O–H groups in total. The molecule has 1 unspecified atom stereocenters. The highest BCUT2D eigenvalue weighted by molar-refractivity contribution is 6.01. The van der Waals surface area contributed by atoms with Crippen molar-refractivity contribution in [3.63, 3.8) is 0 Å². The molecule has 7 nitrogen and oxygen atoms in total. The van der Waals surface area contributed by atoms with Gasteiger partial charge in [-0.05, 0) is 37.3 Å². The summed E-state index contributed by atoms with van der Waals surface area (Å²) in [5.74, 6) is -0.549. The first-order valence-electron chi connectivity index (χ1n) is 9.00. The van der Waals surface area contributed by atoms with Gasteiger partial charge in [-0.1, -0.05) is 45.0 Å². The first kappa shape index (κ1) is 21.0. The summed E-state index contributed by atoms with van der Waals surface area (Å²) in [4.78, 5) is 36.4. The van der Waals surface area contributed by atoms with Crippen LogP contribution in [0.1, 0.15) is 27.7 Å². The van der Waals surface area contributed by atoms with Gasteiger partial charge >= 0.3 is 6.03 Å². The second-order valence-electron chi connectivity index (χ2n) is 7.46. The molecule has 0 spiro atoms. The number of benzene rings is 2. The fourth-order valence-corrected chi connectivity index (χ4v) is 2.22. The summed E-state index contributed by atoms with van der Waals surface area (Å²) >= 11 is 0. The topological polar surface area (TPSA) is 99.3 Å². The molecule has 0 saturated heterocycles. The Bertz CT molecular complexity index is 844. The maximum atomic E-state index is 12.3.